The molecule has 32 heavy (non-hydrogen) atoms. The SMILES string of the molecule is COc1ccc(CN2CCCN(c3cc(C(=O)NC4CC4)c4ccccc4n3)CC2)cc1. The monoisotopic (exact) mass is 430 g/mol. The van der Waals surface area contributed by atoms with Gasteiger partial charge in [-0.25, -0.2) is 4.98 Å². The first-order chi connectivity index (χ1) is 15.7. The molecule has 0 atom stereocenters. The van der Waals surface area contributed by atoms with Gasteiger partial charge in [0.2, 0.25) is 0 Å². The molecule has 0 spiro atoms. The minimum atomic E-state index is 0.0169. The molecule has 166 valence electrons. The zero-order chi connectivity index (χ0) is 21.9. The van der Waals surface area contributed by atoms with Gasteiger partial charge in [0.1, 0.15) is 11.6 Å². The zero-order valence-electron chi connectivity index (χ0n) is 18.6. The maximum absolute atomic E-state index is 12.9. The van der Waals surface area contributed by atoms with Gasteiger partial charge in [-0.05, 0) is 49.1 Å². The van der Waals surface area contributed by atoms with Crippen molar-refractivity contribution in [1.29, 1.82) is 0 Å². The van der Waals surface area contributed by atoms with Crippen LogP contribution >= 0.6 is 0 Å². The average Bonchev–Trinajstić information content (AvgIpc) is 3.66. The molecular formula is C26H30N4O2. The number of pyridine rings is 1. The van der Waals surface area contributed by atoms with Crippen molar-refractivity contribution in [3.63, 3.8) is 0 Å². The van der Waals surface area contributed by atoms with Crippen LogP contribution in [0.4, 0.5) is 5.82 Å². The molecule has 2 heterocycles. The Morgan fingerprint density at radius 2 is 1.88 bits per heavy atom. The van der Waals surface area contributed by atoms with E-state index in [-0.39, 0.29) is 5.91 Å². The van der Waals surface area contributed by atoms with E-state index in [2.05, 4.69) is 27.2 Å². The van der Waals surface area contributed by atoms with Gasteiger partial charge in [0, 0.05) is 44.2 Å². The van der Waals surface area contributed by atoms with Crippen LogP contribution in [0.1, 0.15) is 35.2 Å². The maximum Gasteiger partial charge on any atom is 0.252 e. The number of anilines is 1. The first-order valence-electron chi connectivity index (χ1n) is 11.5. The molecule has 1 saturated carbocycles. The molecule has 0 bridgehead atoms. The second kappa shape index (κ2) is 9.17. The number of hydrogen-bond acceptors (Lipinski definition) is 5. The number of amides is 1. The maximum atomic E-state index is 12.9. The third-order valence-electron chi connectivity index (χ3n) is 6.34. The van der Waals surface area contributed by atoms with Crippen molar-refractivity contribution in [2.24, 2.45) is 0 Å². The third-order valence-corrected chi connectivity index (χ3v) is 6.34. The van der Waals surface area contributed by atoms with E-state index >= 15 is 0 Å². The number of ether oxygens (including phenoxy) is 1. The fraction of sp³-hybridized carbons (Fsp3) is 0.385. The summed E-state index contributed by atoms with van der Waals surface area (Å²) in [5.74, 6) is 1.80. The number of carbonyl (C=O) groups excluding carboxylic acids is 1. The van der Waals surface area contributed by atoms with Crippen molar-refractivity contribution in [3.8, 4) is 5.75 Å². The minimum absolute atomic E-state index is 0.0169. The Bertz CT molecular complexity index is 1090. The van der Waals surface area contributed by atoms with E-state index in [1.54, 1.807) is 7.11 Å². The molecule has 1 aromatic heterocycles. The van der Waals surface area contributed by atoms with Crippen molar-refractivity contribution in [2.75, 3.05) is 38.2 Å². The summed E-state index contributed by atoms with van der Waals surface area (Å²) in [4.78, 5) is 22.7. The van der Waals surface area contributed by atoms with Gasteiger partial charge in [0.05, 0.1) is 18.2 Å². The van der Waals surface area contributed by atoms with E-state index in [1.165, 1.54) is 5.56 Å². The van der Waals surface area contributed by atoms with Crippen molar-refractivity contribution < 1.29 is 9.53 Å². The van der Waals surface area contributed by atoms with Crippen molar-refractivity contribution >= 4 is 22.6 Å². The molecule has 0 unspecified atom stereocenters. The largest absolute Gasteiger partial charge is 0.497 e. The molecule has 6 nitrogen and oxygen atoms in total. The van der Waals surface area contributed by atoms with Gasteiger partial charge in [0.25, 0.3) is 5.91 Å². The van der Waals surface area contributed by atoms with Crippen LogP contribution in [-0.2, 0) is 6.54 Å². The summed E-state index contributed by atoms with van der Waals surface area (Å²) < 4.78 is 5.27. The van der Waals surface area contributed by atoms with Gasteiger partial charge in [-0.3, -0.25) is 9.69 Å². The molecule has 2 fully saturated rings. The fourth-order valence-corrected chi connectivity index (χ4v) is 4.35. The lowest BCUT2D eigenvalue weighted by molar-refractivity contribution is 0.0952. The van der Waals surface area contributed by atoms with Crippen molar-refractivity contribution in [2.45, 2.75) is 31.8 Å². The van der Waals surface area contributed by atoms with Crippen LogP contribution in [0, 0.1) is 0 Å². The summed E-state index contributed by atoms with van der Waals surface area (Å²) in [6.45, 7) is 4.77. The van der Waals surface area contributed by atoms with Crippen LogP contribution in [0.25, 0.3) is 10.9 Å². The van der Waals surface area contributed by atoms with E-state index < -0.39 is 0 Å². The second-order valence-electron chi connectivity index (χ2n) is 8.76. The normalized spacial score (nSPS) is 17.2. The molecule has 6 heteroatoms. The summed E-state index contributed by atoms with van der Waals surface area (Å²) in [5, 5.41) is 4.07. The number of nitrogens with zero attached hydrogens (tertiary/aromatic N) is 3. The summed E-state index contributed by atoms with van der Waals surface area (Å²) in [6.07, 6.45) is 3.23. The van der Waals surface area contributed by atoms with Gasteiger partial charge < -0.3 is 15.0 Å². The Kier molecular flexibility index (Phi) is 5.95. The topological polar surface area (TPSA) is 57.7 Å². The number of carbonyl (C=O) groups is 1. The number of fused-ring (bicyclic) bond motifs is 1. The second-order valence-corrected chi connectivity index (χ2v) is 8.76. The molecule has 2 aromatic carbocycles. The lowest BCUT2D eigenvalue weighted by Crippen LogP contribution is -2.31. The van der Waals surface area contributed by atoms with Gasteiger partial charge in [-0.1, -0.05) is 30.3 Å². The van der Waals surface area contributed by atoms with Gasteiger partial charge >= 0.3 is 0 Å². The molecule has 1 aliphatic carbocycles. The number of para-hydroxylation sites is 1. The van der Waals surface area contributed by atoms with Crippen LogP contribution in [0.5, 0.6) is 5.75 Å². The number of methoxy groups -OCH3 is 1. The lowest BCUT2D eigenvalue weighted by atomic mass is 10.1. The lowest BCUT2D eigenvalue weighted by Gasteiger charge is -2.24. The van der Waals surface area contributed by atoms with Crippen LogP contribution in [0.2, 0.25) is 0 Å². The minimum Gasteiger partial charge on any atom is -0.497 e. The van der Waals surface area contributed by atoms with Crippen molar-refractivity contribution in [3.05, 3.63) is 65.7 Å². The van der Waals surface area contributed by atoms with E-state index in [1.807, 2.05) is 42.5 Å². The molecule has 0 radical (unpaired) electrons. The molecule has 1 amide bonds. The first-order valence-corrected chi connectivity index (χ1v) is 11.5. The number of aromatic nitrogens is 1. The highest BCUT2D eigenvalue weighted by molar-refractivity contribution is 6.07. The van der Waals surface area contributed by atoms with Crippen LogP contribution in [0.15, 0.2) is 54.6 Å². The first kappa shape index (κ1) is 20.8. The van der Waals surface area contributed by atoms with Crippen LogP contribution in [0.3, 0.4) is 0 Å². The Morgan fingerprint density at radius 1 is 1.06 bits per heavy atom. The zero-order valence-corrected chi connectivity index (χ0v) is 18.6. The third kappa shape index (κ3) is 4.70. The highest BCUT2D eigenvalue weighted by Crippen LogP contribution is 2.26. The Hall–Kier alpha value is -3.12. The molecule has 2 aliphatic rings. The predicted molar refractivity (Wildman–Crippen MR) is 127 cm³/mol. The fourth-order valence-electron chi connectivity index (χ4n) is 4.35. The predicted octanol–water partition coefficient (Wildman–Crippen LogP) is 3.85. The number of hydrogen-bond donors (Lipinski definition) is 1. The van der Waals surface area contributed by atoms with E-state index in [0.717, 1.165) is 80.0 Å². The molecule has 5 rings (SSSR count). The van der Waals surface area contributed by atoms with Crippen molar-refractivity contribution in [1.82, 2.24) is 15.2 Å². The Morgan fingerprint density at radius 3 is 2.66 bits per heavy atom. The van der Waals surface area contributed by atoms with E-state index in [4.69, 9.17) is 9.72 Å². The number of benzene rings is 2. The average molecular weight is 431 g/mol. The van der Waals surface area contributed by atoms with Gasteiger partial charge in [0.15, 0.2) is 0 Å². The quantitative estimate of drug-likeness (QED) is 0.644. The standard InChI is InChI=1S/C26H30N4O2/c1-32-21-11-7-19(8-12-21)18-29-13-4-14-30(16-15-29)25-17-23(26(31)27-20-9-10-20)22-5-2-3-6-24(22)28-25/h2-3,5-8,11-12,17,20H,4,9-10,13-16,18H2,1H3,(H,27,31). The molecule has 1 N–H and O–H groups in total. The van der Waals surface area contributed by atoms with Gasteiger partial charge in [-0.2, -0.15) is 0 Å². The number of rotatable bonds is 6. The highest BCUT2D eigenvalue weighted by Gasteiger charge is 2.26. The van der Waals surface area contributed by atoms with Crippen LogP contribution in [-0.4, -0.2) is 55.1 Å². The molecule has 1 saturated heterocycles. The van der Waals surface area contributed by atoms with Gasteiger partial charge in [-0.15, -0.1) is 0 Å². The molecule has 1 aliphatic heterocycles. The molecular weight excluding hydrogens is 400 g/mol. The van der Waals surface area contributed by atoms with E-state index in [0.29, 0.717) is 6.04 Å². The summed E-state index contributed by atoms with van der Waals surface area (Å²) in [6, 6.07) is 18.6. The smallest absolute Gasteiger partial charge is 0.252 e. The Labute approximate surface area is 189 Å². The summed E-state index contributed by atoms with van der Waals surface area (Å²) in [7, 11) is 1.69. The summed E-state index contributed by atoms with van der Waals surface area (Å²) >= 11 is 0. The molecule has 3 aromatic rings. The highest BCUT2D eigenvalue weighted by atomic mass is 16.5. The summed E-state index contributed by atoms with van der Waals surface area (Å²) in [5.41, 5.74) is 2.91. The number of nitrogens with one attached hydrogen (secondary N) is 1. The van der Waals surface area contributed by atoms with E-state index in [9.17, 15) is 4.79 Å². The van der Waals surface area contributed by atoms with Crippen LogP contribution < -0.4 is 15.0 Å². The Balaban J connectivity index is 1.32.